The first-order valence-corrected chi connectivity index (χ1v) is 8.68. The van der Waals surface area contributed by atoms with Gasteiger partial charge in [-0.1, -0.05) is 53.2 Å². The lowest BCUT2D eigenvalue weighted by molar-refractivity contribution is -0.113. The van der Waals surface area contributed by atoms with Crippen molar-refractivity contribution >= 4 is 80.5 Å². The average molecular weight is 372 g/mol. The van der Waals surface area contributed by atoms with Gasteiger partial charge in [-0.3, -0.25) is 9.69 Å². The molecule has 7 heteroatoms. The van der Waals surface area contributed by atoms with E-state index >= 15 is 0 Å². The van der Waals surface area contributed by atoms with Crippen LogP contribution in [0.5, 0.6) is 0 Å². The van der Waals surface area contributed by atoms with Crippen LogP contribution in [0.3, 0.4) is 0 Å². The molecule has 0 N–H and O–H groups in total. The molecule has 2 aromatic rings. The number of amides is 1. The molecule has 0 unspecified atom stereocenters. The minimum Gasteiger partial charge on any atom is -0.268 e. The van der Waals surface area contributed by atoms with Gasteiger partial charge in [-0.15, -0.1) is 11.3 Å². The van der Waals surface area contributed by atoms with Gasteiger partial charge < -0.3 is 0 Å². The van der Waals surface area contributed by atoms with E-state index in [-0.39, 0.29) is 5.91 Å². The number of thiocarbonyl (C=S) groups is 1. The third kappa shape index (κ3) is 3.17. The maximum atomic E-state index is 12.5. The Labute approximate surface area is 145 Å². The third-order valence-corrected chi connectivity index (χ3v) is 5.27. The second kappa shape index (κ2) is 6.10. The number of hydrogen-bond donors (Lipinski definition) is 0. The highest BCUT2D eigenvalue weighted by atomic mass is 35.5. The first-order chi connectivity index (χ1) is 10.0. The Bertz CT molecular complexity index is 735. The number of benzene rings is 1. The zero-order chi connectivity index (χ0) is 15.0. The molecule has 106 valence electrons. The summed E-state index contributed by atoms with van der Waals surface area (Å²) in [5.74, 6) is -0.156. The summed E-state index contributed by atoms with van der Waals surface area (Å²) in [5.41, 5.74) is 0.588. The average Bonchev–Trinajstić information content (AvgIpc) is 2.98. The Kier molecular flexibility index (Phi) is 4.38. The Morgan fingerprint density at radius 2 is 1.90 bits per heavy atom. The van der Waals surface area contributed by atoms with Gasteiger partial charge in [-0.25, -0.2) is 0 Å². The predicted octanol–water partition coefficient (Wildman–Crippen LogP) is 5.46. The van der Waals surface area contributed by atoms with Gasteiger partial charge >= 0.3 is 0 Å². The summed E-state index contributed by atoms with van der Waals surface area (Å²) in [7, 11) is 0. The highest BCUT2D eigenvalue weighted by Gasteiger charge is 2.33. The summed E-state index contributed by atoms with van der Waals surface area (Å²) in [6.07, 6.45) is 1.84. The number of carbonyl (C=O) groups excluding carboxylic acids is 1. The van der Waals surface area contributed by atoms with E-state index < -0.39 is 0 Å². The van der Waals surface area contributed by atoms with Crippen molar-refractivity contribution in [3.63, 3.8) is 0 Å². The summed E-state index contributed by atoms with van der Waals surface area (Å²) in [5, 5.41) is 2.89. The van der Waals surface area contributed by atoms with Gasteiger partial charge in [0.05, 0.1) is 10.6 Å². The topological polar surface area (TPSA) is 20.3 Å². The van der Waals surface area contributed by atoms with E-state index in [4.69, 9.17) is 35.4 Å². The molecular weight excluding hydrogens is 365 g/mol. The monoisotopic (exact) mass is 371 g/mol. The van der Waals surface area contributed by atoms with Crippen molar-refractivity contribution in [2.75, 3.05) is 4.90 Å². The number of rotatable bonds is 2. The number of carbonyl (C=O) groups is 1. The van der Waals surface area contributed by atoms with Crippen LogP contribution < -0.4 is 4.90 Å². The molecule has 1 aromatic heterocycles. The van der Waals surface area contributed by atoms with Crippen molar-refractivity contribution in [3.05, 3.63) is 55.5 Å². The van der Waals surface area contributed by atoms with E-state index in [1.165, 1.54) is 16.7 Å². The van der Waals surface area contributed by atoms with Crippen LogP contribution in [-0.4, -0.2) is 10.2 Å². The number of hydrogen-bond acceptors (Lipinski definition) is 4. The van der Waals surface area contributed by atoms with Gasteiger partial charge in [0.1, 0.15) is 0 Å². The second-order valence-electron chi connectivity index (χ2n) is 4.16. The molecule has 1 saturated heterocycles. The first-order valence-electron chi connectivity index (χ1n) is 5.82. The zero-order valence-electron chi connectivity index (χ0n) is 10.4. The van der Waals surface area contributed by atoms with Crippen molar-refractivity contribution in [1.29, 1.82) is 0 Å². The van der Waals surface area contributed by atoms with E-state index in [0.717, 1.165) is 4.88 Å². The minimum atomic E-state index is -0.156. The zero-order valence-corrected chi connectivity index (χ0v) is 14.3. The van der Waals surface area contributed by atoms with Gasteiger partial charge in [0.25, 0.3) is 5.91 Å². The lowest BCUT2D eigenvalue weighted by Crippen LogP contribution is -2.27. The highest BCUT2D eigenvalue weighted by Crippen LogP contribution is 2.38. The molecule has 1 aliphatic rings. The first kappa shape index (κ1) is 15.1. The second-order valence-corrected chi connectivity index (χ2v) is 7.69. The molecule has 1 aromatic carbocycles. The quantitative estimate of drug-likeness (QED) is 0.516. The number of nitrogens with zero attached hydrogens (tertiary/aromatic N) is 1. The highest BCUT2D eigenvalue weighted by molar-refractivity contribution is 8.27. The van der Waals surface area contributed by atoms with Crippen molar-refractivity contribution < 1.29 is 4.79 Å². The van der Waals surface area contributed by atoms with E-state index in [9.17, 15) is 4.79 Å². The van der Waals surface area contributed by atoms with Gasteiger partial charge in [0.2, 0.25) is 0 Å². The summed E-state index contributed by atoms with van der Waals surface area (Å²) >= 11 is 20.1. The fourth-order valence-electron chi connectivity index (χ4n) is 1.86. The molecule has 0 spiro atoms. The maximum absolute atomic E-state index is 12.5. The molecule has 0 aliphatic carbocycles. The molecule has 0 saturated carbocycles. The van der Waals surface area contributed by atoms with Crippen LogP contribution in [0.4, 0.5) is 5.69 Å². The Morgan fingerprint density at radius 3 is 2.52 bits per heavy atom. The number of halogens is 2. The SMILES string of the molecule is O=C1C(=Cc2cccs2)SC(=S)N1c1cc(Cl)cc(Cl)c1. The third-order valence-electron chi connectivity index (χ3n) is 2.72. The summed E-state index contributed by atoms with van der Waals surface area (Å²) < 4.78 is 0.473. The van der Waals surface area contributed by atoms with E-state index in [2.05, 4.69) is 0 Å². The van der Waals surface area contributed by atoms with Crippen molar-refractivity contribution in [2.45, 2.75) is 0 Å². The van der Waals surface area contributed by atoms with Crippen molar-refractivity contribution in [2.24, 2.45) is 0 Å². The van der Waals surface area contributed by atoms with Gasteiger partial charge in [0.15, 0.2) is 4.32 Å². The maximum Gasteiger partial charge on any atom is 0.270 e. The molecule has 1 amide bonds. The number of thioether (sulfide) groups is 1. The molecule has 21 heavy (non-hydrogen) atoms. The van der Waals surface area contributed by atoms with E-state index in [0.29, 0.717) is 25.0 Å². The van der Waals surface area contributed by atoms with Crippen LogP contribution in [0.1, 0.15) is 4.88 Å². The normalized spacial score (nSPS) is 17.0. The minimum absolute atomic E-state index is 0.156. The smallest absolute Gasteiger partial charge is 0.268 e. The van der Waals surface area contributed by atoms with Crippen molar-refractivity contribution in [3.8, 4) is 0 Å². The summed E-state index contributed by atoms with van der Waals surface area (Å²) in [6.45, 7) is 0. The predicted molar refractivity (Wildman–Crippen MR) is 96.4 cm³/mol. The molecule has 1 aliphatic heterocycles. The van der Waals surface area contributed by atoms with Crippen molar-refractivity contribution in [1.82, 2.24) is 0 Å². The lowest BCUT2D eigenvalue weighted by atomic mass is 10.3. The van der Waals surface area contributed by atoms with E-state index in [1.54, 1.807) is 29.5 Å². The Hall–Kier alpha value is -0.850. The Morgan fingerprint density at radius 1 is 1.19 bits per heavy atom. The molecule has 2 nitrogen and oxygen atoms in total. The Balaban J connectivity index is 1.97. The van der Waals surface area contributed by atoms with Crippen LogP contribution in [0, 0.1) is 0 Å². The molecule has 0 bridgehead atoms. The largest absolute Gasteiger partial charge is 0.270 e. The fourth-order valence-corrected chi connectivity index (χ4v) is 4.40. The van der Waals surface area contributed by atoms with Crippen LogP contribution >= 0.6 is 58.5 Å². The molecule has 0 atom stereocenters. The molecule has 2 heterocycles. The van der Waals surface area contributed by atoms with Gasteiger partial charge in [-0.2, -0.15) is 0 Å². The van der Waals surface area contributed by atoms with Crippen LogP contribution in [-0.2, 0) is 4.79 Å². The fraction of sp³-hybridized carbons (Fsp3) is 0. The molecule has 3 rings (SSSR count). The van der Waals surface area contributed by atoms with Gasteiger partial charge in [0, 0.05) is 14.9 Å². The number of anilines is 1. The summed E-state index contributed by atoms with van der Waals surface area (Å²) in [4.78, 5) is 15.6. The van der Waals surface area contributed by atoms with Gasteiger partial charge in [-0.05, 0) is 35.7 Å². The van der Waals surface area contributed by atoms with Crippen LogP contribution in [0.15, 0.2) is 40.6 Å². The lowest BCUT2D eigenvalue weighted by Gasteiger charge is -2.15. The standard InChI is InChI=1S/C14H7Cl2NOS3/c15-8-4-9(16)6-10(5-8)17-13(18)12(21-14(17)19)7-11-2-1-3-20-11/h1-7H. The van der Waals surface area contributed by atoms with E-state index in [1.807, 2.05) is 23.6 Å². The summed E-state index contributed by atoms with van der Waals surface area (Å²) in [6, 6.07) is 8.85. The molecular formula is C14H7Cl2NOS3. The van der Waals surface area contributed by atoms with Crippen LogP contribution in [0.2, 0.25) is 10.0 Å². The number of thiophene rings is 1. The van der Waals surface area contributed by atoms with Crippen LogP contribution in [0.25, 0.3) is 6.08 Å². The molecule has 0 radical (unpaired) electrons. The molecule has 1 fully saturated rings.